The molecule has 164 valence electrons. The number of amides is 1. The molecule has 0 saturated carbocycles. The number of likely N-dealkylation sites (N-methyl/N-ethyl adjacent to an activating group) is 1. The topological polar surface area (TPSA) is 48.4 Å². The second kappa shape index (κ2) is 9.81. The fourth-order valence-corrected chi connectivity index (χ4v) is 4.56. The van der Waals surface area contributed by atoms with Gasteiger partial charge in [0.15, 0.2) is 0 Å². The molecule has 0 radical (unpaired) electrons. The molecule has 1 fully saturated rings. The maximum absolute atomic E-state index is 13.4. The molecule has 1 atom stereocenters. The van der Waals surface area contributed by atoms with Crippen molar-refractivity contribution in [3.63, 3.8) is 0 Å². The standard InChI is InChI=1S/C24H29ClN4O2/c1-3-27-12-14-28(15-13-27)17-24(30)29-22(18-8-4-6-10-20(18)25)16-21(26-29)19-9-5-7-11-23(19)31-2/h4-11,22H,3,12-17H2,1-2H3/t22-/m1/s1. The normalized spacial score (nSPS) is 20.0. The van der Waals surface area contributed by atoms with Crippen LogP contribution in [0.25, 0.3) is 0 Å². The summed E-state index contributed by atoms with van der Waals surface area (Å²) in [5.41, 5.74) is 2.67. The molecule has 2 heterocycles. The highest BCUT2D eigenvalue weighted by Gasteiger charge is 2.35. The van der Waals surface area contributed by atoms with Crippen LogP contribution in [-0.2, 0) is 4.79 Å². The van der Waals surface area contributed by atoms with Gasteiger partial charge in [0.2, 0.25) is 0 Å². The number of benzene rings is 2. The summed E-state index contributed by atoms with van der Waals surface area (Å²) in [6.45, 7) is 7.37. The Morgan fingerprint density at radius 3 is 2.45 bits per heavy atom. The SMILES string of the molecule is CCN1CCN(CC(=O)N2N=C(c3ccccc3OC)C[C@@H]2c2ccccc2Cl)CC1. The van der Waals surface area contributed by atoms with E-state index < -0.39 is 0 Å². The van der Waals surface area contributed by atoms with Gasteiger partial charge >= 0.3 is 0 Å². The Hall–Kier alpha value is -2.41. The number of halogens is 1. The first-order valence-electron chi connectivity index (χ1n) is 10.8. The number of piperazine rings is 1. The monoisotopic (exact) mass is 440 g/mol. The fraction of sp³-hybridized carbons (Fsp3) is 0.417. The molecule has 0 unspecified atom stereocenters. The third-order valence-corrected chi connectivity index (χ3v) is 6.46. The largest absolute Gasteiger partial charge is 0.496 e. The number of ether oxygens (including phenoxy) is 1. The highest BCUT2D eigenvalue weighted by Crippen LogP contribution is 2.37. The van der Waals surface area contributed by atoms with Gasteiger partial charge in [0, 0.05) is 43.2 Å². The Balaban J connectivity index is 1.60. The minimum atomic E-state index is -0.224. The summed E-state index contributed by atoms with van der Waals surface area (Å²) in [5, 5.41) is 7.07. The van der Waals surface area contributed by atoms with Crippen molar-refractivity contribution >= 4 is 23.2 Å². The molecule has 2 aliphatic rings. The predicted octanol–water partition coefficient (Wildman–Crippen LogP) is 3.66. The zero-order chi connectivity index (χ0) is 21.8. The van der Waals surface area contributed by atoms with Crippen LogP contribution in [0.3, 0.4) is 0 Å². The van der Waals surface area contributed by atoms with Crippen molar-refractivity contribution in [1.82, 2.24) is 14.8 Å². The van der Waals surface area contributed by atoms with Crippen LogP contribution in [0, 0.1) is 0 Å². The van der Waals surface area contributed by atoms with Gasteiger partial charge in [-0.1, -0.05) is 48.9 Å². The molecule has 4 rings (SSSR count). The van der Waals surface area contributed by atoms with Crippen molar-refractivity contribution in [2.75, 3.05) is 46.4 Å². The van der Waals surface area contributed by atoms with Gasteiger partial charge in [0.05, 0.1) is 25.4 Å². The number of carbonyl (C=O) groups is 1. The average Bonchev–Trinajstić information content (AvgIpc) is 3.25. The summed E-state index contributed by atoms with van der Waals surface area (Å²) in [5.74, 6) is 0.754. The molecule has 0 bridgehead atoms. The number of hydrogen-bond acceptors (Lipinski definition) is 5. The van der Waals surface area contributed by atoms with Crippen LogP contribution in [0.5, 0.6) is 5.75 Å². The highest BCUT2D eigenvalue weighted by molar-refractivity contribution is 6.31. The molecule has 2 aliphatic heterocycles. The summed E-state index contributed by atoms with van der Waals surface area (Å²) < 4.78 is 5.54. The molecule has 2 aromatic carbocycles. The van der Waals surface area contributed by atoms with Crippen molar-refractivity contribution in [3.8, 4) is 5.75 Å². The van der Waals surface area contributed by atoms with Crippen LogP contribution < -0.4 is 4.74 Å². The first-order chi connectivity index (χ1) is 15.1. The predicted molar refractivity (Wildman–Crippen MR) is 124 cm³/mol. The maximum Gasteiger partial charge on any atom is 0.257 e. The van der Waals surface area contributed by atoms with Gasteiger partial charge in [-0.15, -0.1) is 0 Å². The highest BCUT2D eigenvalue weighted by atomic mass is 35.5. The minimum Gasteiger partial charge on any atom is -0.496 e. The third kappa shape index (κ3) is 4.76. The van der Waals surface area contributed by atoms with Gasteiger partial charge in [0.25, 0.3) is 5.91 Å². The Morgan fingerprint density at radius 2 is 1.74 bits per heavy atom. The summed E-state index contributed by atoms with van der Waals surface area (Å²) in [4.78, 5) is 18.0. The number of nitrogens with zero attached hydrogens (tertiary/aromatic N) is 4. The molecule has 0 aliphatic carbocycles. The molecule has 1 saturated heterocycles. The van der Waals surface area contributed by atoms with E-state index in [1.54, 1.807) is 12.1 Å². The van der Waals surface area contributed by atoms with Gasteiger partial charge in [-0.05, 0) is 30.3 Å². The van der Waals surface area contributed by atoms with Crippen molar-refractivity contribution in [3.05, 3.63) is 64.7 Å². The smallest absolute Gasteiger partial charge is 0.257 e. The Morgan fingerprint density at radius 1 is 1.06 bits per heavy atom. The lowest BCUT2D eigenvalue weighted by Crippen LogP contribution is -2.49. The molecule has 31 heavy (non-hydrogen) atoms. The van der Waals surface area contributed by atoms with E-state index in [1.807, 2.05) is 48.5 Å². The van der Waals surface area contributed by atoms with Gasteiger partial charge in [-0.3, -0.25) is 9.69 Å². The zero-order valence-corrected chi connectivity index (χ0v) is 18.9. The Bertz CT molecular complexity index is 956. The lowest BCUT2D eigenvalue weighted by Gasteiger charge is -2.34. The van der Waals surface area contributed by atoms with Gasteiger partial charge < -0.3 is 9.64 Å². The first kappa shape index (κ1) is 21.8. The summed E-state index contributed by atoms with van der Waals surface area (Å²) in [6.07, 6.45) is 0.597. The molecular formula is C24H29ClN4O2. The molecule has 0 N–H and O–H groups in total. The second-order valence-electron chi connectivity index (χ2n) is 7.94. The lowest BCUT2D eigenvalue weighted by molar-refractivity contribution is -0.134. The molecule has 6 nitrogen and oxygen atoms in total. The van der Waals surface area contributed by atoms with Crippen LogP contribution >= 0.6 is 11.6 Å². The second-order valence-corrected chi connectivity index (χ2v) is 8.34. The van der Waals surface area contributed by atoms with Gasteiger partial charge in [-0.2, -0.15) is 5.10 Å². The number of methoxy groups -OCH3 is 1. The Labute approximate surface area is 189 Å². The molecule has 1 amide bonds. The number of hydrogen-bond donors (Lipinski definition) is 0. The molecule has 0 spiro atoms. The van der Waals surface area contributed by atoms with Crippen molar-refractivity contribution in [2.45, 2.75) is 19.4 Å². The van der Waals surface area contributed by atoms with Crippen LogP contribution in [0.15, 0.2) is 53.6 Å². The van der Waals surface area contributed by atoms with Gasteiger partial charge in [0.1, 0.15) is 5.75 Å². The average molecular weight is 441 g/mol. The summed E-state index contributed by atoms with van der Waals surface area (Å²) >= 11 is 6.52. The van der Waals surface area contributed by atoms with E-state index in [4.69, 9.17) is 21.4 Å². The maximum atomic E-state index is 13.4. The van der Waals surface area contributed by atoms with Gasteiger partial charge in [-0.25, -0.2) is 5.01 Å². The molecule has 7 heteroatoms. The lowest BCUT2D eigenvalue weighted by atomic mass is 9.98. The fourth-order valence-electron chi connectivity index (χ4n) is 4.30. The number of rotatable bonds is 6. The van der Waals surface area contributed by atoms with E-state index in [0.29, 0.717) is 18.0 Å². The third-order valence-electron chi connectivity index (χ3n) is 6.12. The molecule has 2 aromatic rings. The zero-order valence-electron chi connectivity index (χ0n) is 18.1. The van der Waals surface area contributed by atoms with E-state index in [1.165, 1.54) is 0 Å². The number of hydrazone groups is 1. The van der Waals surface area contributed by atoms with Crippen LogP contribution in [0.1, 0.15) is 30.5 Å². The van der Waals surface area contributed by atoms with E-state index in [0.717, 1.165) is 55.3 Å². The number of carbonyl (C=O) groups excluding carboxylic acids is 1. The van der Waals surface area contributed by atoms with E-state index >= 15 is 0 Å². The first-order valence-corrected chi connectivity index (χ1v) is 11.2. The van der Waals surface area contributed by atoms with E-state index in [9.17, 15) is 4.79 Å². The van der Waals surface area contributed by atoms with Crippen molar-refractivity contribution < 1.29 is 9.53 Å². The minimum absolute atomic E-state index is 0.000217. The van der Waals surface area contributed by atoms with Crippen molar-refractivity contribution in [2.24, 2.45) is 5.10 Å². The van der Waals surface area contributed by atoms with E-state index in [2.05, 4.69) is 16.7 Å². The number of para-hydroxylation sites is 1. The summed E-state index contributed by atoms with van der Waals surface area (Å²) in [6, 6.07) is 15.3. The van der Waals surface area contributed by atoms with E-state index in [-0.39, 0.29) is 11.9 Å². The van der Waals surface area contributed by atoms with Crippen molar-refractivity contribution in [1.29, 1.82) is 0 Å². The summed E-state index contributed by atoms with van der Waals surface area (Å²) in [7, 11) is 1.65. The molecular weight excluding hydrogens is 412 g/mol. The Kier molecular flexibility index (Phi) is 6.90. The quantitative estimate of drug-likeness (QED) is 0.687. The van der Waals surface area contributed by atoms with Crippen LogP contribution in [-0.4, -0.2) is 72.8 Å². The van der Waals surface area contributed by atoms with Crippen LogP contribution in [0.2, 0.25) is 5.02 Å². The van der Waals surface area contributed by atoms with Crippen LogP contribution in [0.4, 0.5) is 0 Å². The molecule has 0 aromatic heterocycles.